The highest BCUT2D eigenvalue weighted by molar-refractivity contribution is 5.90. The number of aliphatic hydroxyl groups is 1. The molecule has 9 heteroatoms. The molecule has 0 spiro atoms. The monoisotopic (exact) mass is 545 g/mol. The summed E-state index contributed by atoms with van der Waals surface area (Å²) >= 11 is 0. The molecule has 1 aliphatic heterocycles. The molecule has 0 saturated carbocycles. The summed E-state index contributed by atoms with van der Waals surface area (Å²) < 4.78 is 5.20. The van der Waals surface area contributed by atoms with Crippen molar-refractivity contribution in [2.24, 2.45) is 0 Å². The number of carbonyl (C=O) groups is 2. The molecule has 0 bridgehead atoms. The highest BCUT2D eigenvalue weighted by Crippen LogP contribution is 2.16. The first kappa shape index (κ1) is 28.9. The van der Waals surface area contributed by atoms with Crippen LogP contribution in [0, 0.1) is 0 Å². The Morgan fingerprint density at radius 1 is 1.05 bits per heavy atom. The number of ether oxygens (including phenoxy) is 1. The number of amides is 3. The van der Waals surface area contributed by atoms with Gasteiger partial charge in [-0.05, 0) is 47.4 Å². The third kappa shape index (κ3) is 7.97. The van der Waals surface area contributed by atoms with Crippen molar-refractivity contribution >= 4 is 17.6 Å². The molecule has 3 aromatic rings. The number of rotatable bonds is 13. The van der Waals surface area contributed by atoms with Crippen LogP contribution in [-0.2, 0) is 24.3 Å². The van der Waals surface area contributed by atoms with Gasteiger partial charge in [-0.25, -0.2) is 4.79 Å². The summed E-state index contributed by atoms with van der Waals surface area (Å²) in [4.78, 5) is 29.5. The average Bonchev–Trinajstić information content (AvgIpc) is 3.33. The van der Waals surface area contributed by atoms with Crippen LogP contribution in [0.3, 0.4) is 0 Å². The van der Waals surface area contributed by atoms with Crippen molar-refractivity contribution in [1.29, 1.82) is 0 Å². The van der Waals surface area contributed by atoms with Gasteiger partial charge >= 0.3 is 6.03 Å². The summed E-state index contributed by atoms with van der Waals surface area (Å²) in [6.07, 6.45) is -0.379. The molecule has 1 heterocycles. The molecular weight excluding hydrogens is 506 g/mol. The Balaban J connectivity index is 1.36. The largest absolute Gasteiger partial charge is 0.497 e. The number of benzene rings is 3. The average molecular weight is 546 g/mol. The fourth-order valence-corrected chi connectivity index (χ4v) is 4.71. The van der Waals surface area contributed by atoms with Crippen molar-refractivity contribution in [1.82, 2.24) is 20.9 Å². The molecule has 1 fully saturated rings. The first-order valence-electron chi connectivity index (χ1n) is 13.5. The van der Waals surface area contributed by atoms with Gasteiger partial charge in [0.15, 0.2) is 0 Å². The third-order valence-electron chi connectivity index (χ3n) is 7.04. The summed E-state index contributed by atoms with van der Waals surface area (Å²) in [5, 5.41) is 20.2. The molecule has 9 nitrogen and oxygen atoms in total. The molecule has 4 rings (SSSR count). The van der Waals surface area contributed by atoms with Crippen LogP contribution in [0.2, 0.25) is 0 Å². The predicted molar refractivity (Wildman–Crippen MR) is 156 cm³/mol. The van der Waals surface area contributed by atoms with Gasteiger partial charge in [0.25, 0.3) is 0 Å². The lowest BCUT2D eigenvalue weighted by atomic mass is 10.0. The van der Waals surface area contributed by atoms with Crippen molar-refractivity contribution in [2.75, 3.05) is 39.2 Å². The van der Waals surface area contributed by atoms with E-state index in [4.69, 9.17) is 4.74 Å². The lowest BCUT2D eigenvalue weighted by Gasteiger charge is -2.26. The first-order valence-corrected chi connectivity index (χ1v) is 13.5. The SMILES string of the molecule is COc1ccc(CN2C[C@@H](C(=O)N[C@@H](Cc3ccccc3)[C@@H](O)CNCc3cccc(N(C)C)c3)NC2=O)cc1. The molecule has 4 N–H and O–H groups in total. The minimum absolute atomic E-state index is 0.241. The normalized spacial score (nSPS) is 16.2. The molecule has 1 aliphatic rings. The standard InChI is InChI=1S/C31H39N5O4/c1-35(2)25-11-7-10-24(16-25)18-32-19-29(37)27(17-22-8-5-4-6-9-22)33-30(38)28-21-36(31(39)34-28)20-23-12-14-26(40-3)15-13-23/h4-16,27-29,32,37H,17-21H2,1-3H3,(H,33,38)(H,34,39)/t27-,28-,29-/m0/s1. The molecular formula is C31H39N5O4. The van der Waals surface area contributed by atoms with Crippen LogP contribution >= 0.6 is 0 Å². The van der Waals surface area contributed by atoms with Gasteiger partial charge in [-0.2, -0.15) is 0 Å². The molecule has 3 atom stereocenters. The summed E-state index contributed by atoms with van der Waals surface area (Å²) in [6.45, 7) is 1.51. The van der Waals surface area contributed by atoms with Crippen LogP contribution in [0.4, 0.5) is 10.5 Å². The number of carbonyl (C=O) groups excluding carboxylic acids is 2. The number of nitrogens with zero attached hydrogens (tertiary/aromatic N) is 2. The Hall–Kier alpha value is -4.08. The summed E-state index contributed by atoms with van der Waals surface area (Å²) in [5.41, 5.74) is 4.15. The molecule has 3 amide bonds. The Morgan fingerprint density at radius 3 is 2.48 bits per heavy atom. The zero-order valence-electron chi connectivity index (χ0n) is 23.3. The summed E-state index contributed by atoms with van der Waals surface area (Å²) in [6, 6.07) is 23.9. The van der Waals surface area contributed by atoms with Gasteiger partial charge in [0.2, 0.25) is 5.91 Å². The van der Waals surface area contributed by atoms with Crippen molar-refractivity contribution < 1.29 is 19.4 Å². The van der Waals surface area contributed by atoms with Gasteiger partial charge in [-0.3, -0.25) is 4.79 Å². The number of anilines is 1. The molecule has 0 unspecified atom stereocenters. The van der Waals surface area contributed by atoms with Gasteiger partial charge in [-0.15, -0.1) is 0 Å². The zero-order valence-corrected chi connectivity index (χ0v) is 23.3. The number of hydrogen-bond donors (Lipinski definition) is 4. The van der Waals surface area contributed by atoms with E-state index in [9.17, 15) is 14.7 Å². The summed E-state index contributed by atoms with van der Waals surface area (Å²) in [7, 11) is 5.60. The third-order valence-corrected chi connectivity index (χ3v) is 7.04. The van der Waals surface area contributed by atoms with Crippen molar-refractivity contribution in [3.8, 4) is 5.75 Å². The van der Waals surface area contributed by atoms with E-state index in [1.54, 1.807) is 12.0 Å². The number of urea groups is 1. The molecule has 212 valence electrons. The van der Waals surface area contributed by atoms with E-state index in [0.29, 0.717) is 26.1 Å². The van der Waals surface area contributed by atoms with Crippen molar-refractivity contribution in [3.63, 3.8) is 0 Å². The first-order chi connectivity index (χ1) is 19.3. The molecule has 1 saturated heterocycles. The Morgan fingerprint density at radius 2 is 1.77 bits per heavy atom. The topological polar surface area (TPSA) is 106 Å². The van der Waals surface area contributed by atoms with Crippen molar-refractivity contribution in [3.05, 3.63) is 95.6 Å². The lowest BCUT2D eigenvalue weighted by molar-refractivity contribution is -0.124. The molecule has 0 aromatic heterocycles. The van der Waals surface area contributed by atoms with Crippen LogP contribution in [0.25, 0.3) is 0 Å². The molecule has 40 heavy (non-hydrogen) atoms. The van der Waals surface area contributed by atoms with Gasteiger partial charge < -0.3 is 35.6 Å². The Bertz CT molecular complexity index is 1250. The highest BCUT2D eigenvalue weighted by Gasteiger charge is 2.35. The second kappa shape index (κ2) is 13.8. The smallest absolute Gasteiger partial charge is 0.318 e. The van der Waals surface area contributed by atoms with E-state index in [1.165, 1.54) is 0 Å². The van der Waals surface area contributed by atoms with Crippen LogP contribution in [0.15, 0.2) is 78.9 Å². The van der Waals surface area contributed by atoms with Gasteiger partial charge in [0, 0.05) is 39.4 Å². The van der Waals surface area contributed by atoms with Crippen LogP contribution < -0.4 is 25.6 Å². The maximum atomic E-state index is 13.3. The maximum absolute atomic E-state index is 13.3. The second-order valence-electron chi connectivity index (χ2n) is 10.3. The zero-order chi connectivity index (χ0) is 28.5. The summed E-state index contributed by atoms with van der Waals surface area (Å²) in [5.74, 6) is 0.427. The van der Waals surface area contributed by atoms with Gasteiger partial charge in [0.05, 0.1) is 25.8 Å². The Kier molecular flexibility index (Phi) is 9.99. The number of aliphatic hydroxyl groups excluding tert-OH is 1. The second-order valence-corrected chi connectivity index (χ2v) is 10.3. The number of nitrogens with one attached hydrogen (secondary N) is 3. The molecule has 0 aliphatic carbocycles. The fourth-order valence-electron chi connectivity index (χ4n) is 4.71. The lowest BCUT2D eigenvalue weighted by Crippen LogP contribution is -2.53. The minimum atomic E-state index is -0.839. The predicted octanol–water partition coefficient (Wildman–Crippen LogP) is 2.53. The van der Waals surface area contributed by atoms with E-state index in [0.717, 1.165) is 28.1 Å². The van der Waals surface area contributed by atoms with Gasteiger partial charge in [-0.1, -0.05) is 54.6 Å². The minimum Gasteiger partial charge on any atom is -0.497 e. The molecule has 3 aromatic carbocycles. The number of hydrogen-bond acceptors (Lipinski definition) is 6. The highest BCUT2D eigenvalue weighted by atomic mass is 16.5. The fraction of sp³-hybridized carbons (Fsp3) is 0.355. The van der Waals surface area contributed by atoms with Crippen LogP contribution in [0.1, 0.15) is 16.7 Å². The Labute approximate surface area is 236 Å². The van der Waals surface area contributed by atoms with Crippen molar-refractivity contribution in [2.45, 2.75) is 37.7 Å². The van der Waals surface area contributed by atoms with E-state index < -0.39 is 18.2 Å². The van der Waals surface area contributed by atoms with Crippen LogP contribution in [0.5, 0.6) is 5.75 Å². The van der Waals surface area contributed by atoms with E-state index in [-0.39, 0.29) is 18.5 Å². The van der Waals surface area contributed by atoms with Crippen LogP contribution in [-0.4, -0.2) is 74.4 Å². The van der Waals surface area contributed by atoms with E-state index in [1.807, 2.05) is 91.8 Å². The maximum Gasteiger partial charge on any atom is 0.318 e. The molecule has 0 radical (unpaired) electrons. The van der Waals surface area contributed by atoms with E-state index >= 15 is 0 Å². The van der Waals surface area contributed by atoms with E-state index in [2.05, 4.69) is 22.0 Å². The number of methoxy groups -OCH3 is 1. The quantitative estimate of drug-likeness (QED) is 0.263. The van der Waals surface area contributed by atoms with Gasteiger partial charge in [0.1, 0.15) is 11.8 Å².